The SMILES string of the molecule is Nc1ncc(-c2ccc(Cl)cc2C(F)(F)F)s1. The molecule has 2 nitrogen and oxygen atoms in total. The van der Waals surface area contributed by atoms with Gasteiger partial charge in [-0.3, -0.25) is 0 Å². The zero-order valence-corrected chi connectivity index (χ0v) is 9.83. The average Bonchev–Trinajstić information content (AvgIpc) is 2.63. The Balaban J connectivity index is 2.61. The summed E-state index contributed by atoms with van der Waals surface area (Å²) in [4.78, 5) is 4.10. The third kappa shape index (κ3) is 2.53. The summed E-state index contributed by atoms with van der Waals surface area (Å²) in [5, 5.41) is 0.265. The third-order valence-corrected chi connectivity index (χ3v) is 3.17. The van der Waals surface area contributed by atoms with Crippen molar-refractivity contribution in [3.63, 3.8) is 0 Å². The maximum atomic E-state index is 12.8. The lowest BCUT2D eigenvalue weighted by Gasteiger charge is -2.11. The van der Waals surface area contributed by atoms with Gasteiger partial charge in [-0.2, -0.15) is 13.2 Å². The van der Waals surface area contributed by atoms with Gasteiger partial charge in [0.25, 0.3) is 0 Å². The fraction of sp³-hybridized carbons (Fsp3) is 0.100. The van der Waals surface area contributed by atoms with Crippen molar-refractivity contribution in [3.05, 3.63) is 35.0 Å². The van der Waals surface area contributed by atoms with Gasteiger partial charge in [0.1, 0.15) is 0 Å². The summed E-state index contributed by atoms with van der Waals surface area (Å²) in [5.41, 5.74) is 4.66. The Kier molecular flexibility index (Phi) is 3.01. The number of hydrogen-bond acceptors (Lipinski definition) is 3. The minimum atomic E-state index is -4.46. The highest BCUT2D eigenvalue weighted by Gasteiger charge is 2.34. The normalized spacial score (nSPS) is 11.8. The second-order valence-electron chi connectivity index (χ2n) is 3.25. The fourth-order valence-electron chi connectivity index (χ4n) is 1.38. The van der Waals surface area contributed by atoms with Crippen LogP contribution in [0.1, 0.15) is 5.56 Å². The van der Waals surface area contributed by atoms with Gasteiger partial charge in [0.2, 0.25) is 0 Å². The highest BCUT2D eigenvalue weighted by molar-refractivity contribution is 7.18. The van der Waals surface area contributed by atoms with E-state index in [-0.39, 0.29) is 15.7 Å². The van der Waals surface area contributed by atoms with Crippen LogP contribution in [0.5, 0.6) is 0 Å². The predicted molar refractivity (Wildman–Crippen MR) is 62.0 cm³/mol. The van der Waals surface area contributed by atoms with Crippen molar-refractivity contribution in [1.82, 2.24) is 4.98 Å². The van der Waals surface area contributed by atoms with Gasteiger partial charge in [-0.05, 0) is 12.1 Å². The van der Waals surface area contributed by atoms with Gasteiger partial charge in [-0.1, -0.05) is 29.0 Å². The monoisotopic (exact) mass is 278 g/mol. The van der Waals surface area contributed by atoms with E-state index in [1.165, 1.54) is 18.3 Å². The Labute approximate surface area is 104 Å². The molecule has 2 N–H and O–H groups in total. The lowest BCUT2D eigenvalue weighted by atomic mass is 10.1. The fourth-order valence-corrected chi connectivity index (χ4v) is 2.27. The summed E-state index contributed by atoms with van der Waals surface area (Å²) in [6.45, 7) is 0. The minimum Gasteiger partial charge on any atom is -0.375 e. The van der Waals surface area contributed by atoms with Crippen LogP contribution in [0.3, 0.4) is 0 Å². The summed E-state index contributed by atoms with van der Waals surface area (Å²) in [6, 6.07) is 3.62. The van der Waals surface area contributed by atoms with Crippen LogP contribution in [0.15, 0.2) is 24.4 Å². The molecule has 0 atom stereocenters. The summed E-state index contributed by atoms with van der Waals surface area (Å²) < 4.78 is 38.4. The molecule has 1 aromatic heterocycles. The van der Waals surface area contributed by atoms with Gasteiger partial charge < -0.3 is 5.73 Å². The van der Waals surface area contributed by atoms with Crippen molar-refractivity contribution >= 4 is 28.1 Å². The highest BCUT2D eigenvalue weighted by atomic mass is 35.5. The average molecular weight is 279 g/mol. The molecular formula is C10H6ClF3N2S. The lowest BCUT2D eigenvalue weighted by molar-refractivity contribution is -0.137. The first-order valence-electron chi connectivity index (χ1n) is 4.46. The molecule has 0 spiro atoms. The number of hydrogen-bond donors (Lipinski definition) is 1. The van der Waals surface area contributed by atoms with E-state index in [1.807, 2.05) is 0 Å². The van der Waals surface area contributed by atoms with Crippen LogP contribution in [0.2, 0.25) is 5.02 Å². The molecule has 0 unspecified atom stereocenters. The van der Waals surface area contributed by atoms with Crippen molar-refractivity contribution in [2.75, 3.05) is 5.73 Å². The molecule has 0 aliphatic heterocycles. The van der Waals surface area contributed by atoms with E-state index >= 15 is 0 Å². The van der Waals surface area contributed by atoms with Crippen molar-refractivity contribution < 1.29 is 13.2 Å². The van der Waals surface area contributed by atoms with Crippen molar-refractivity contribution in [2.24, 2.45) is 0 Å². The number of anilines is 1. The number of alkyl halides is 3. The van der Waals surface area contributed by atoms with E-state index in [1.54, 1.807) is 0 Å². The molecule has 0 bridgehead atoms. The van der Waals surface area contributed by atoms with Gasteiger partial charge in [0.15, 0.2) is 5.13 Å². The van der Waals surface area contributed by atoms with Gasteiger partial charge in [-0.25, -0.2) is 4.98 Å². The largest absolute Gasteiger partial charge is 0.417 e. The summed E-state index contributed by atoms with van der Waals surface area (Å²) in [6.07, 6.45) is -3.14. The molecule has 1 aromatic carbocycles. The first-order valence-corrected chi connectivity index (χ1v) is 5.66. The number of aromatic nitrogens is 1. The number of halogens is 4. The minimum absolute atomic E-state index is 0.0381. The van der Waals surface area contributed by atoms with Gasteiger partial charge in [0, 0.05) is 16.8 Å². The number of nitrogens with zero attached hydrogens (tertiary/aromatic N) is 1. The first kappa shape index (κ1) is 12.2. The highest BCUT2D eigenvalue weighted by Crippen LogP contribution is 2.40. The molecule has 0 saturated carbocycles. The molecule has 0 aliphatic carbocycles. The number of nitrogens with two attached hydrogens (primary N) is 1. The number of nitrogen functional groups attached to an aromatic ring is 1. The van der Waals surface area contributed by atoms with Crippen LogP contribution in [0, 0.1) is 0 Å². The number of thiazole rings is 1. The van der Waals surface area contributed by atoms with Gasteiger partial charge >= 0.3 is 6.18 Å². The molecule has 1 heterocycles. The summed E-state index contributed by atoms with van der Waals surface area (Å²) in [7, 11) is 0. The summed E-state index contributed by atoms with van der Waals surface area (Å²) in [5.74, 6) is 0. The standard InChI is InChI=1S/C10H6ClF3N2S/c11-5-1-2-6(7(3-5)10(12,13)14)8-4-16-9(15)17-8/h1-4H,(H2,15,16). The Hall–Kier alpha value is -1.27. The van der Waals surface area contributed by atoms with Gasteiger partial charge in [0.05, 0.1) is 10.4 Å². The number of benzene rings is 1. The van der Waals surface area contributed by atoms with Crippen LogP contribution < -0.4 is 5.73 Å². The molecule has 90 valence electrons. The smallest absolute Gasteiger partial charge is 0.375 e. The molecule has 0 fully saturated rings. The lowest BCUT2D eigenvalue weighted by Crippen LogP contribution is -2.06. The van der Waals surface area contributed by atoms with Crippen LogP contribution in [0.25, 0.3) is 10.4 Å². The molecule has 0 saturated heterocycles. The second-order valence-corrected chi connectivity index (χ2v) is 4.75. The Morgan fingerprint density at radius 1 is 1.29 bits per heavy atom. The first-order chi connectivity index (χ1) is 7.88. The zero-order chi connectivity index (χ0) is 12.6. The van der Waals surface area contributed by atoms with Crippen LogP contribution in [-0.2, 0) is 6.18 Å². The maximum Gasteiger partial charge on any atom is 0.417 e. The van der Waals surface area contributed by atoms with Crippen LogP contribution in [-0.4, -0.2) is 4.98 Å². The van der Waals surface area contributed by atoms with Crippen molar-refractivity contribution in [1.29, 1.82) is 0 Å². The Bertz CT molecular complexity index is 551. The van der Waals surface area contributed by atoms with Crippen LogP contribution in [0.4, 0.5) is 18.3 Å². The van der Waals surface area contributed by atoms with Crippen molar-refractivity contribution in [2.45, 2.75) is 6.18 Å². The van der Waals surface area contributed by atoms with E-state index in [4.69, 9.17) is 17.3 Å². The zero-order valence-electron chi connectivity index (χ0n) is 8.25. The van der Waals surface area contributed by atoms with Crippen molar-refractivity contribution in [3.8, 4) is 10.4 Å². The second kappa shape index (κ2) is 4.19. The quantitative estimate of drug-likeness (QED) is 0.854. The third-order valence-electron chi connectivity index (χ3n) is 2.08. The molecule has 0 amide bonds. The summed E-state index contributed by atoms with van der Waals surface area (Å²) >= 11 is 6.58. The van der Waals surface area contributed by atoms with E-state index in [9.17, 15) is 13.2 Å². The topological polar surface area (TPSA) is 38.9 Å². The molecule has 2 aromatic rings. The molecular weight excluding hydrogens is 273 g/mol. The number of rotatable bonds is 1. The molecule has 2 rings (SSSR count). The Morgan fingerprint density at radius 2 is 2.00 bits per heavy atom. The van der Waals surface area contributed by atoms with Crippen LogP contribution >= 0.6 is 22.9 Å². The van der Waals surface area contributed by atoms with E-state index < -0.39 is 11.7 Å². The van der Waals surface area contributed by atoms with E-state index in [0.717, 1.165) is 17.4 Å². The molecule has 0 aliphatic rings. The van der Waals surface area contributed by atoms with Gasteiger partial charge in [-0.15, -0.1) is 0 Å². The molecule has 0 radical (unpaired) electrons. The Morgan fingerprint density at radius 3 is 2.53 bits per heavy atom. The maximum absolute atomic E-state index is 12.8. The van der Waals surface area contributed by atoms with E-state index in [2.05, 4.69) is 4.98 Å². The van der Waals surface area contributed by atoms with E-state index in [0.29, 0.717) is 4.88 Å². The predicted octanol–water partition coefficient (Wildman–Crippen LogP) is 4.06. The molecule has 7 heteroatoms. The molecule has 17 heavy (non-hydrogen) atoms.